The number of benzene rings is 1. The van der Waals surface area contributed by atoms with Crippen LogP contribution in [0.15, 0.2) is 60.0 Å². The zero-order chi connectivity index (χ0) is 22.2. The van der Waals surface area contributed by atoms with Crippen molar-refractivity contribution in [1.29, 1.82) is 0 Å². The minimum atomic E-state index is -0.167. The summed E-state index contributed by atoms with van der Waals surface area (Å²) in [7, 11) is 0. The third-order valence-corrected chi connectivity index (χ3v) is 6.55. The topological polar surface area (TPSA) is 94.2 Å². The van der Waals surface area contributed by atoms with Gasteiger partial charge in [0.2, 0.25) is 11.7 Å². The van der Waals surface area contributed by atoms with Gasteiger partial charge in [0, 0.05) is 47.7 Å². The number of amides is 1. The van der Waals surface area contributed by atoms with Crippen LogP contribution in [0, 0.1) is 13.8 Å². The maximum Gasteiger partial charge on any atom is 0.262 e. The summed E-state index contributed by atoms with van der Waals surface area (Å²) in [5.74, 6) is 0.468. The molecule has 0 atom stereocenters. The first kappa shape index (κ1) is 20.1. The normalized spacial score (nSPS) is 11.3. The van der Waals surface area contributed by atoms with E-state index in [0.717, 1.165) is 26.5 Å². The van der Waals surface area contributed by atoms with Gasteiger partial charge in [0.05, 0.1) is 17.4 Å². The summed E-state index contributed by atoms with van der Waals surface area (Å²) in [5, 5.41) is 3.53. The maximum absolute atomic E-state index is 12.8. The molecule has 0 saturated carbocycles. The molecule has 5 aromatic rings. The standard InChI is InChI=1S/C23H20N6O2S/c1-14-15(2)32-21-20(14)22(31)29(13-25-21)11-8-19(30)26-17-6-4-16(5-7-17)18-12-28-10-3-9-24-23(28)27-18/h3-7,9-10,12-13H,8,11H2,1-2H3,(H,26,30). The van der Waals surface area contributed by atoms with Crippen LogP contribution in [0.5, 0.6) is 0 Å². The molecule has 0 radical (unpaired) electrons. The van der Waals surface area contributed by atoms with Crippen molar-refractivity contribution in [2.45, 2.75) is 26.8 Å². The molecular formula is C23H20N6O2S. The highest BCUT2D eigenvalue weighted by molar-refractivity contribution is 7.18. The van der Waals surface area contributed by atoms with E-state index in [0.29, 0.717) is 16.9 Å². The lowest BCUT2D eigenvalue weighted by Gasteiger charge is -2.08. The Hall–Kier alpha value is -3.85. The van der Waals surface area contributed by atoms with Crippen molar-refractivity contribution < 1.29 is 4.79 Å². The number of carbonyl (C=O) groups is 1. The molecule has 0 spiro atoms. The second kappa shape index (κ2) is 8.01. The van der Waals surface area contributed by atoms with E-state index in [4.69, 9.17) is 0 Å². The summed E-state index contributed by atoms with van der Waals surface area (Å²) in [6.45, 7) is 4.19. The molecule has 160 valence electrons. The summed E-state index contributed by atoms with van der Waals surface area (Å²) < 4.78 is 3.36. The van der Waals surface area contributed by atoms with Crippen LogP contribution in [0.25, 0.3) is 27.3 Å². The van der Waals surface area contributed by atoms with Gasteiger partial charge in [0.15, 0.2) is 0 Å². The van der Waals surface area contributed by atoms with Gasteiger partial charge in [-0.3, -0.25) is 18.6 Å². The second-order valence-corrected chi connectivity index (χ2v) is 8.74. The average molecular weight is 445 g/mol. The Morgan fingerprint density at radius 2 is 1.97 bits per heavy atom. The average Bonchev–Trinajstić information content (AvgIpc) is 3.35. The summed E-state index contributed by atoms with van der Waals surface area (Å²) in [4.78, 5) is 40.1. The van der Waals surface area contributed by atoms with Crippen molar-refractivity contribution in [2.24, 2.45) is 0 Å². The Kier molecular flexibility index (Phi) is 5.02. The SMILES string of the molecule is Cc1sc2ncn(CCC(=O)Nc3ccc(-c4cn5cccnc5n4)cc3)c(=O)c2c1C. The van der Waals surface area contributed by atoms with E-state index in [1.807, 2.05) is 61.0 Å². The third-order valence-electron chi connectivity index (χ3n) is 5.44. The molecule has 8 nitrogen and oxygen atoms in total. The third kappa shape index (κ3) is 3.67. The van der Waals surface area contributed by atoms with Gasteiger partial charge in [-0.1, -0.05) is 12.1 Å². The molecule has 1 aromatic carbocycles. The molecule has 0 unspecified atom stereocenters. The van der Waals surface area contributed by atoms with E-state index in [9.17, 15) is 9.59 Å². The van der Waals surface area contributed by atoms with Crippen molar-refractivity contribution in [2.75, 3.05) is 5.32 Å². The Morgan fingerprint density at radius 3 is 2.75 bits per heavy atom. The van der Waals surface area contributed by atoms with Crippen LogP contribution in [0.2, 0.25) is 0 Å². The van der Waals surface area contributed by atoms with Crippen molar-refractivity contribution in [1.82, 2.24) is 23.9 Å². The van der Waals surface area contributed by atoms with E-state index in [1.54, 1.807) is 6.20 Å². The molecule has 32 heavy (non-hydrogen) atoms. The number of aryl methyl sites for hydroxylation is 3. The van der Waals surface area contributed by atoms with Gasteiger partial charge in [0.1, 0.15) is 4.83 Å². The van der Waals surface area contributed by atoms with E-state index < -0.39 is 0 Å². The van der Waals surface area contributed by atoms with Gasteiger partial charge < -0.3 is 5.32 Å². The Bertz CT molecular complexity index is 1480. The fourth-order valence-corrected chi connectivity index (χ4v) is 4.56. The van der Waals surface area contributed by atoms with Crippen LogP contribution in [0.4, 0.5) is 5.69 Å². The van der Waals surface area contributed by atoms with Crippen LogP contribution in [0.1, 0.15) is 16.9 Å². The van der Waals surface area contributed by atoms with Crippen molar-refractivity contribution in [3.05, 3.63) is 76.0 Å². The van der Waals surface area contributed by atoms with Gasteiger partial charge in [-0.2, -0.15) is 0 Å². The summed E-state index contributed by atoms with van der Waals surface area (Å²) in [6, 6.07) is 9.33. The van der Waals surface area contributed by atoms with Crippen LogP contribution < -0.4 is 10.9 Å². The van der Waals surface area contributed by atoms with Crippen LogP contribution in [-0.4, -0.2) is 29.8 Å². The number of anilines is 1. The van der Waals surface area contributed by atoms with Gasteiger partial charge in [0.25, 0.3) is 5.56 Å². The van der Waals surface area contributed by atoms with Crippen LogP contribution in [-0.2, 0) is 11.3 Å². The predicted molar refractivity (Wildman–Crippen MR) is 125 cm³/mol. The van der Waals surface area contributed by atoms with E-state index in [1.165, 1.54) is 22.2 Å². The first-order valence-corrected chi connectivity index (χ1v) is 11.0. The molecule has 1 N–H and O–H groups in total. The predicted octanol–water partition coefficient (Wildman–Crippen LogP) is 3.81. The molecule has 0 fully saturated rings. The van der Waals surface area contributed by atoms with E-state index >= 15 is 0 Å². The van der Waals surface area contributed by atoms with Gasteiger partial charge in [-0.15, -0.1) is 11.3 Å². The minimum absolute atomic E-state index is 0.101. The molecule has 9 heteroatoms. The number of fused-ring (bicyclic) bond motifs is 2. The molecule has 0 aliphatic carbocycles. The number of nitrogens with one attached hydrogen (secondary N) is 1. The zero-order valence-corrected chi connectivity index (χ0v) is 18.4. The Balaban J connectivity index is 1.25. The molecule has 5 rings (SSSR count). The maximum atomic E-state index is 12.8. The van der Waals surface area contributed by atoms with Crippen LogP contribution in [0.3, 0.4) is 0 Å². The molecule has 0 aliphatic heterocycles. The second-order valence-electron chi connectivity index (χ2n) is 7.54. The summed E-state index contributed by atoms with van der Waals surface area (Å²) in [6.07, 6.45) is 7.21. The number of imidazole rings is 1. The molecule has 4 aromatic heterocycles. The molecule has 0 bridgehead atoms. The highest BCUT2D eigenvalue weighted by Gasteiger charge is 2.13. The lowest BCUT2D eigenvalue weighted by Crippen LogP contribution is -2.23. The quantitative estimate of drug-likeness (QED) is 0.445. The van der Waals surface area contributed by atoms with Gasteiger partial charge in [-0.25, -0.2) is 15.0 Å². The van der Waals surface area contributed by atoms with Crippen molar-refractivity contribution in [3.63, 3.8) is 0 Å². The number of aromatic nitrogens is 5. The minimum Gasteiger partial charge on any atom is -0.326 e. The highest BCUT2D eigenvalue weighted by atomic mass is 32.1. The number of rotatable bonds is 5. The highest BCUT2D eigenvalue weighted by Crippen LogP contribution is 2.25. The first-order chi connectivity index (χ1) is 15.5. The lowest BCUT2D eigenvalue weighted by molar-refractivity contribution is -0.116. The van der Waals surface area contributed by atoms with E-state index in [-0.39, 0.29) is 24.4 Å². The fourth-order valence-electron chi connectivity index (χ4n) is 3.57. The number of hydrogen-bond acceptors (Lipinski definition) is 6. The first-order valence-electron chi connectivity index (χ1n) is 10.1. The largest absolute Gasteiger partial charge is 0.326 e. The zero-order valence-electron chi connectivity index (χ0n) is 17.6. The monoisotopic (exact) mass is 444 g/mol. The van der Waals surface area contributed by atoms with E-state index in [2.05, 4.69) is 20.3 Å². The molecular weight excluding hydrogens is 424 g/mol. The van der Waals surface area contributed by atoms with Crippen molar-refractivity contribution in [3.8, 4) is 11.3 Å². The smallest absolute Gasteiger partial charge is 0.262 e. The number of hydrogen-bond donors (Lipinski definition) is 1. The number of nitrogens with zero attached hydrogens (tertiary/aromatic N) is 5. The lowest BCUT2D eigenvalue weighted by atomic mass is 10.1. The van der Waals surface area contributed by atoms with Gasteiger partial charge in [-0.05, 0) is 37.6 Å². The molecule has 1 amide bonds. The summed E-state index contributed by atoms with van der Waals surface area (Å²) >= 11 is 1.52. The molecule has 4 heterocycles. The fraction of sp³-hybridized carbons (Fsp3) is 0.174. The van der Waals surface area contributed by atoms with Crippen LogP contribution >= 0.6 is 11.3 Å². The summed E-state index contributed by atoms with van der Waals surface area (Å²) in [5.41, 5.74) is 3.29. The van der Waals surface area contributed by atoms with Crippen molar-refractivity contribution >= 4 is 38.9 Å². The molecule has 0 aliphatic rings. The molecule has 0 saturated heterocycles. The van der Waals surface area contributed by atoms with Gasteiger partial charge >= 0.3 is 0 Å². The Labute approximate surface area is 187 Å². The number of thiophene rings is 1. The number of carbonyl (C=O) groups excluding carboxylic acids is 1. The Morgan fingerprint density at radius 1 is 1.16 bits per heavy atom.